The molecule has 0 unspecified atom stereocenters. The van der Waals surface area contributed by atoms with Gasteiger partial charge in [0, 0.05) is 104 Å². The first-order valence-corrected chi connectivity index (χ1v) is 11.9. The van der Waals surface area contributed by atoms with E-state index in [0.717, 1.165) is 25.1 Å². The van der Waals surface area contributed by atoms with Crippen molar-refractivity contribution in [3.05, 3.63) is 0 Å². The zero-order valence-electron chi connectivity index (χ0n) is 20.4. The van der Waals surface area contributed by atoms with E-state index in [2.05, 4.69) is 10.6 Å². The van der Waals surface area contributed by atoms with Crippen molar-refractivity contribution < 1.29 is 28.8 Å². The highest BCUT2D eigenvalue weighted by molar-refractivity contribution is 5.76. The van der Waals surface area contributed by atoms with E-state index in [4.69, 9.17) is 0 Å². The predicted octanol–water partition coefficient (Wildman–Crippen LogP) is -1.11. The molecule has 11 heteroatoms. The van der Waals surface area contributed by atoms with E-state index in [1.54, 1.807) is 0 Å². The van der Waals surface area contributed by atoms with Gasteiger partial charge in [-0.15, -0.1) is 0 Å². The van der Waals surface area contributed by atoms with Gasteiger partial charge < -0.3 is 44.5 Å². The van der Waals surface area contributed by atoms with Crippen LogP contribution < -0.4 is 10.6 Å². The van der Waals surface area contributed by atoms with E-state index in [1.807, 2.05) is 21.7 Å². The van der Waals surface area contributed by atoms with Crippen LogP contribution in [0, 0.1) is 0 Å². The molecule has 0 heterocycles. The molecule has 34 heavy (non-hydrogen) atoms. The summed E-state index contributed by atoms with van der Waals surface area (Å²) < 4.78 is 0. The molecule has 0 aliphatic rings. The fourth-order valence-electron chi connectivity index (χ4n) is 3.19. The molecule has 0 aromatic carbocycles. The lowest BCUT2D eigenvalue weighted by Gasteiger charge is -2.21. The molecule has 0 aliphatic heterocycles. The van der Waals surface area contributed by atoms with Crippen LogP contribution in [0.5, 0.6) is 0 Å². The molecular weight excluding hydrogens is 442 g/mol. The lowest BCUT2D eigenvalue weighted by Crippen LogP contribution is -2.38. The first-order valence-electron chi connectivity index (χ1n) is 11.9. The van der Waals surface area contributed by atoms with Crippen LogP contribution in [0.4, 0.5) is 0 Å². The average molecular weight is 484 g/mol. The minimum absolute atomic E-state index is 0.0900. The Bertz CT molecular complexity index is 530. The molecule has 2 N–H and O–H groups in total. The number of hydrogen-bond acceptors (Lipinski definition) is 9. The average Bonchev–Trinajstić information content (AvgIpc) is 2.83. The Morgan fingerprint density at radius 1 is 0.559 bits per heavy atom. The first-order chi connectivity index (χ1) is 16.5. The van der Waals surface area contributed by atoms with Gasteiger partial charge in [0.05, 0.1) is 0 Å². The topological polar surface area (TPSA) is 136 Å². The molecule has 0 fully saturated rings. The van der Waals surface area contributed by atoms with Crippen LogP contribution in [-0.4, -0.2) is 124 Å². The van der Waals surface area contributed by atoms with Gasteiger partial charge in [-0.05, 0) is 7.05 Å². The Hall–Kier alpha value is -2.50. The van der Waals surface area contributed by atoms with Crippen LogP contribution >= 0.6 is 0 Å². The quantitative estimate of drug-likeness (QED) is 0.164. The number of rotatable bonds is 24. The summed E-state index contributed by atoms with van der Waals surface area (Å²) in [5, 5.41) is 5.68. The standard InChI is InChI=1S/C23H41N5O6/c1-26(14-6-22(33)24-8-16-27(10-2-18-29)11-3-19-30)15-7-23(34)25-9-17-28(12-4-20-31)13-5-21-32/h18-21H,2-17H2,1H3,(H,24,33)(H,25,34). The SMILES string of the molecule is CN(CCC(=O)NCCN(CCC=O)CCC=O)CCC(=O)NCCN(CCC=O)CCC=O. The van der Waals surface area contributed by atoms with Crippen molar-refractivity contribution in [2.75, 3.05) is 72.5 Å². The zero-order valence-corrected chi connectivity index (χ0v) is 20.4. The number of hydrogen-bond donors (Lipinski definition) is 2. The van der Waals surface area contributed by atoms with Crippen molar-refractivity contribution in [2.24, 2.45) is 0 Å². The maximum Gasteiger partial charge on any atom is 0.221 e. The molecule has 0 saturated carbocycles. The molecular formula is C23H41N5O6. The Kier molecular flexibility index (Phi) is 20.7. The Balaban J connectivity index is 4.00. The van der Waals surface area contributed by atoms with Gasteiger partial charge in [0.25, 0.3) is 0 Å². The summed E-state index contributed by atoms with van der Waals surface area (Å²) in [6.45, 7) is 5.33. The highest BCUT2D eigenvalue weighted by Crippen LogP contribution is 1.95. The summed E-state index contributed by atoms with van der Waals surface area (Å²) in [6, 6.07) is 0. The molecule has 0 aromatic rings. The van der Waals surface area contributed by atoms with Gasteiger partial charge in [-0.25, -0.2) is 0 Å². The summed E-state index contributed by atoms with van der Waals surface area (Å²) in [7, 11) is 1.85. The second-order valence-corrected chi connectivity index (χ2v) is 8.01. The second kappa shape index (κ2) is 22.3. The molecule has 2 amide bonds. The van der Waals surface area contributed by atoms with Gasteiger partial charge in [0.15, 0.2) is 0 Å². The summed E-state index contributed by atoms with van der Waals surface area (Å²) in [5.41, 5.74) is 0. The van der Waals surface area contributed by atoms with Crippen molar-refractivity contribution in [3.63, 3.8) is 0 Å². The Morgan fingerprint density at radius 2 is 0.882 bits per heavy atom. The molecule has 0 atom stereocenters. The van der Waals surface area contributed by atoms with Gasteiger partial charge in [-0.2, -0.15) is 0 Å². The fourth-order valence-corrected chi connectivity index (χ4v) is 3.19. The number of carbonyl (C=O) groups is 6. The summed E-state index contributed by atoms with van der Waals surface area (Å²) >= 11 is 0. The smallest absolute Gasteiger partial charge is 0.221 e. The van der Waals surface area contributed by atoms with E-state index in [0.29, 0.717) is 104 Å². The van der Waals surface area contributed by atoms with Crippen molar-refractivity contribution in [3.8, 4) is 0 Å². The van der Waals surface area contributed by atoms with E-state index in [9.17, 15) is 28.8 Å². The molecule has 0 aliphatic carbocycles. The minimum atomic E-state index is -0.0900. The Morgan fingerprint density at radius 3 is 1.18 bits per heavy atom. The summed E-state index contributed by atoms with van der Waals surface area (Å²) in [5.74, 6) is -0.180. The van der Waals surface area contributed by atoms with Gasteiger partial charge in [-0.1, -0.05) is 0 Å². The molecule has 0 spiro atoms. The summed E-state index contributed by atoms with van der Waals surface area (Å²) in [6.07, 6.45) is 5.53. The monoisotopic (exact) mass is 483 g/mol. The van der Waals surface area contributed by atoms with E-state index >= 15 is 0 Å². The van der Waals surface area contributed by atoms with Crippen molar-refractivity contribution in [1.82, 2.24) is 25.3 Å². The number of aldehydes is 4. The third kappa shape index (κ3) is 19.0. The lowest BCUT2D eigenvalue weighted by molar-refractivity contribution is -0.121. The van der Waals surface area contributed by atoms with Crippen molar-refractivity contribution in [1.29, 1.82) is 0 Å². The highest BCUT2D eigenvalue weighted by atomic mass is 16.2. The largest absolute Gasteiger partial charge is 0.355 e. The maximum absolute atomic E-state index is 12.1. The van der Waals surface area contributed by atoms with E-state index in [-0.39, 0.29) is 11.8 Å². The van der Waals surface area contributed by atoms with Crippen molar-refractivity contribution >= 4 is 37.0 Å². The van der Waals surface area contributed by atoms with E-state index < -0.39 is 0 Å². The molecule has 0 radical (unpaired) electrons. The first kappa shape index (κ1) is 31.5. The van der Waals surface area contributed by atoms with Gasteiger partial charge >= 0.3 is 0 Å². The van der Waals surface area contributed by atoms with Crippen LogP contribution in [0.2, 0.25) is 0 Å². The number of amides is 2. The number of nitrogens with one attached hydrogen (secondary N) is 2. The van der Waals surface area contributed by atoms with Gasteiger partial charge in [-0.3, -0.25) is 9.59 Å². The molecule has 11 nitrogen and oxygen atoms in total. The van der Waals surface area contributed by atoms with Crippen LogP contribution in [-0.2, 0) is 28.8 Å². The van der Waals surface area contributed by atoms with Gasteiger partial charge in [0.1, 0.15) is 25.1 Å². The lowest BCUT2D eigenvalue weighted by atomic mass is 10.3. The molecule has 0 bridgehead atoms. The zero-order chi connectivity index (χ0) is 25.4. The molecule has 0 rings (SSSR count). The van der Waals surface area contributed by atoms with Gasteiger partial charge in [0.2, 0.25) is 11.8 Å². The third-order valence-electron chi connectivity index (χ3n) is 5.19. The molecule has 0 aromatic heterocycles. The van der Waals surface area contributed by atoms with Crippen LogP contribution in [0.25, 0.3) is 0 Å². The summed E-state index contributed by atoms with van der Waals surface area (Å²) in [4.78, 5) is 72.1. The predicted molar refractivity (Wildman–Crippen MR) is 128 cm³/mol. The van der Waals surface area contributed by atoms with Crippen molar-refractivity contribution in [2.45, 2.75) is 38.5 Å². The minimum Gasteiger partial charge on any atom is -0.355 e. The second-order valence-electron chi connectivity index (χ2n) is 8.01. The number of nitrogens with zero attached hydrogens (tertiary/aromatic N) is 3. The molecule has 0 saturated heterocycles. The van der Waals surface area contributed by atoms with E-state index in [1.165, 1.54) is 0 Å². The highest BCUT2D eigenvalue weighted by Gasteiger charge is 2.10. The Labute approximate surface area is 202 Å². The number of carbonyl (C=O) groups excluding carboxylic acids is 6. The fraction of sp³-hybridized carbons (Fsp3) is 0.739. The maximum atomic E-state index is 12.1. The van der Waals surface area contributed by atoms with Crippen LogP contribution in [0.3, 0.4) is 0 Å². The van der Waals surface area contributed by atoms with Crippen LogP contribution in [0.15, 0.2) is 0 Å². The normalized spacial score (nSPS) is 10.9. The van der Waals surface area contributed by atoms with Crippen LogP contribution in [0.1, 0.15) is 38.5 Å². The third-order valence-corrected chi connectivity index (χ3v) is 5.19. The molecule has 194 valence electrons.